The van der Waals surface area contributed by atoms with Gasteiger partial charge in [0.1, 0.15) is 5.01 Å². The minimum atomic E-state index is -0.399. The first-order valence-electron chi connectivity index (χ1n) is 9.41. The first kappa shape index (κ1) is 22.2. The van der Waals surface area contributed by atoms with Crippen LogP contribution in [-0.2, 0) is 0 Å². The zero-order chi connectivity index (χ0) is 22.8. The Morgan fingerprint density at radius 1 is 0.938 bits per heavy atom. The number of hydrogen-bond donors (Lipinski definition) is 1. The number of anilines is 1. The molecule has 164 valence electrons. The minimum absolute atomic E-state index is 0.306. The van der Waals surface area contributed by atoms with Crippen molar-refractivity contribution in [2.24, 2.45) is 0 Å². The van der Waals surface area contributed by atoms with Crippen molar-refractivity contribution in [2.75, 3.05) is 26.6 Å². The van der Waals surface area contributed by atoms with E-state index in [2.05, 4.69) is 10.3 Å². The Hall–Kier alpha value is -3.00. The van der Waals surface area contributed by atoms with Crippen molar-refractivity contribution in [3.8, 4) is 27.8 Å². The average Bonchev–Trinajstić information content (AvgIpc) is 3.23. The molecule has 1 N–H and O–H groups in total. The van der Waals surface area contributed by atoms with Crippen molar-refractivity contribution < 1.29 is 19.0 Å². The summed E-state index contributed by atoms with van der Waals surface area (Å²) in [7, 11) is 4.47. The van der Waals surface area contributed by atoms with E-state index >= 15 is 0 Å². The molecule has 0 saturated heterocycles. The number of amides is 1. The molecule has 6 nitrogen and oxygen atoms in total. The number of thiazole rings is 1. The largest absolute Gasteiger partial charge is 0.493 e. The maximum absolute atomic E-state index is 13.0. The van der Waals surface area contributed by atoms with E-state index in [1.807, 2.05) is 24.3 Å². The molecule has 0 atom stereocenters. The molecule has 0 aliphatic rings. The molecule has 0 fully saturated rings. The number of carbonyl (C=O) groups excluding carboxylic acids is 1. The second kappa shape index (κ2) is 9.24. The molecule has 0 radical (unpaired) electrons. The maximum Gasteiger partial charge on any atom is 0.255 e. The van der Waals surface area contributed by atoms with Crippen LogP contribution in [-0.4, -0.2) is 32.2 Å². The number of halogens is 2. The van der Waals surface area contributed by atoms with E-state index in [1.165, 1.54) is 32.7 Å². The molecular weight excluding hydrogens is 471 g/mol. The summed E-state index contributed by atoms with van der Waals surface area (Å²) >= 11 is 14.3. The van der Waals surface area contributed by atoms with Gasteiger partial charge < -0.3 is 19.5 Å². The Labute approximate surface area is 198 Å². The van der Waals surface area contributed by atoms with E-state index < -0.39 is 5.91 Å². The fourth-order valence-electron chi connectivity index (χ4n) is 3.20. The van der Waals surface area contributed by atoms with Crippen LogP contribution in [0, 0.1) is 0 Å². The van der Waals surface area contributed by atoms with Crippen LogP contribution in [0.5, 0.6) is 17.2 Å². The molecule has 9 heteroatoms. The average molecular weight is 489 g/mol. The number of carbonyl (C=O) groups is 1. The normalized spacial score (nSPS) is 10.8. The zero-order valence-electron chi connectivity index (χ0n) is 17.4. The van der Waals surface area contributed by atoms with Gasteiger partial charge in [-0.1, -0.05) is 35.3 Å². The quantitative estimate of drug-likeness (QED) is 0.333. The number of aromatic nitrogens is 1. The molecule has 0 aliphatic heterocycles. The van der Waals surface area contributed by atoms with Gasteiger partial charge in [-0.2, -0.15) is 0 Å². The molecule has 1 amide bonds. The van der Waals surface area contributed by atoms with Gasteiger partial charge in [-0.25, -0.2) is 4.98 Å². The maximum atomic E-state index is 13.0. The fraction of sp³-hybridized carbons (Fsp3) is 0.130. The number of methoxy groups -OCH3 is 3. The van der Waals surface area contributed by atoms with Crippen molar-refractivity contribution in [3.05, 3.63) is 64.1 Å². The lowest BCUT2D eigenvalue weighted by atomic mass is 10.1. The fourth-order valence-corrected chi connectivity index (χ4v) is 4.77. The van der Waals surface area contributed by atoms with Crippen molar-refractivity contribution in [1.82, 2.24) is 4.98 Å². The van der Waals surface area contributed by atoms with Crippen LogP contribution < -0.4 is 19.5 Å². The van der Waals surface area contributed by atoms with Crippen molar-refractivity contribution in [3.63, 3.8) is 0 Å². The highest BCUT2D eigenvalue weighted by molar-refractivity contribution is 7.21. The van der Waals surface area contributed by atoms with Gasteiger partial charge in [-0.05, 0) is 36.4 Å². The predicted molar refractivity (Wildman–Crippen MR) is 129 cm³/mol. The van der Waals surface area contributed by atoms with Crippen LogP contribution in [0.25, 0.3) is 20.8 Å². The third kappa shape index (κ3) is 4.19. The topological polar surface area (TPSA) is 69.7 Å². The highest BCUT2D eigenvalue weighted by Gasteiger charge is 2.19. The Balaban J connectivity index is 1.70. The Kier molecular flexibility index (Phi) is 6.41. The van der Waals surface area contributed by atoms with E-state index in [-0.39, 0.29) is 0 Å². The van der Waals surface area contributed by atoms with Gasteiger partial charge in [0.25, 0.3) is 5.91 Å². The summed E-state index contributed by atoms with van der Waals surface area (Å²) in [6.45, 7) is 0. The lowest BCUT2D eigenvalue weighted by Crippen LogP contribution is -2.13. The van der Waals surface area contributed by atoms with Crippen molar-refractivity contribution in [1.29, 1.82) is 0 Å². The van der Waals surface area contributed by atoms with Gasteiger partial charge in [0.15, 0.2) is 11.5 Å². The second-order valence-electron chi connectivity index (χ2n) is 6.67. The van der Waals surface area contributed by atoms with Crippen LogP contribution in [0.3, 0.4) is 0 Å². The van der Waals surface area contributed by atoms with E-state index in [1.54, 1.807) is 24.3 Å². The highest BCUT2D eigenvalue weighted by atomic mass is 35.5. The van der Waals surface area contributed by atoms with E-state index in [9.17, 15) is 4.79 Å². The third-order valence-corrected chi connectivity index (χ3v) is 6.45. The molecule has 3 aromatic carbocycles. The van der Waals surface area contributed by atoms with Crippen LogP contribution in [0.1, 0.15) is 10.4 Å². The third-order valence-electron chi connectivity index (χ3n) is 4.76. The standard InChI is InChI=1S/C23H18Cl2N2O4S/c1-29-18-8-12(9-19(30-2)21(18)31-3)22(28)26-17-10-13(14(24)11-15(17)25)23-27-16-6-4-5-7-20(16)32-23/h4-11H,1-3H3,(H,26,28). The summed E-state index contributed by atoms with van der Waals surface area (Å²) in [4.78, 5) is 17.7. The van der Waals surface area contributed by atoms with Gasteiger partial charge in [0, 0.05) is 11.1 Å². The highest BCUT2D eigenvalue weighted by Crippen LogP contribution is 2.40. The number of fused-ring (bicyclic) bond motifs is 1. The lowest BCUT2D eigenvalue weighted by Gasteiger charge is -2.15. The molecule has 0 unspecified atom stereocenters. The smallest absolute Gasteiger partial charge is 0.255 e. The van der Waals surface area contributed by atoms with Crippen LogP contribution in [0.2, 0.25) is 10.0 Å². The van der Waals surface area contributed by atoms with Gasteiger partial charge in [0.05, 0.1) is 47.3 Å². The molecular formula is C23H18Cl2N2O4S. The monoisotopic (exact) mass is 488 g/mol. The molecule has 0 saturated carbocycles. The number of para-hydroxylation sites is 1. The summed E-state index contributed by atoms with van der Waals surface area (Å²) in [6.07, 6.45) is 0. The molecule has 0 spiro atoms. The molecule has 32 heavy (non-hydrogen) atoms. The first-order valence-corrected chi connectivity index (χ1v) is 11.0. The summed E-state index contributed by atoms with van der Waals surface area (Å²) in [5.41, 5.74) is 2.27. The second-order valence-corrected chi connectivity index (χ2v) is 8.51. The molecule has 0 aliphatic carbocycles. The van der Waals surface area contributed by atoms with E-state index in [0.29, 0.717) is 44.1 Å². The van der Waals surface area contributed by atoms with Gasteiger partial charge in [0.2, 0.25) is 5.75 Å². The number of hydrogen-bond acceptors (Lipinski definition) is 6. The summed E-state index contributed by atoms with van der Waals surface area (Å²) < 4.78 is 17.0. The number of benzene rings is 3. The summed E-state index contributed by atoms with van der Waals surface area (Å²) in [6, 6.07) is 14.3. The molecule has 4 rings (SSSR count). The SMILES string of the molecule is COc1cc(C(=O)Nc2cc(-c3nc4ccccc4s3)c(Cl)cc2Cl)cc(OC)c1OC. The first-order chi connectivity index (χ1) is 15.4. The number of rotatable bonds is 6. The van der Waals surface area contributed by atoms with Crippen molar-refractivity contribution in [2.45, 2.75) is 0 Å². The lowest BCUT2D eigenvalue weighted by molar-refractivity contribution is 0.102. The Morgan fingerprint density at radius 3 is 2.25 bits per heavy atom. The van der Waals surface area contributed by atoms with Crippen LogP contribution in [0.4, 0.5) is 5.69 Å². The number of nitrogens with one attached hydrogen (secondary N) is 1. The Bertz CT molecular complexity index is 1260. The van der Waals surface area contributed by atoms with E-state index in [0.717, 1.165) is 15.2 Å². The van der Waals surface area contributed by atoms with E-state index in [4.69, 9.17) is 37.4 Å². The van der Waals surface area contributed by atoms with Crippen molar-refractivity contribution >= 4 is 56.3 Å². The predicted octanol–water partition coefficient (Wildman–Crippen LogP) is 6.55. The number of nitrogens with zero attached hydrogens (tertiary/aromatic N) is 1. The Morgan fingerprint density at radius 2 is 1.62 bits per heavy atom. The van der Waals surface area contributed by atoms with Gasteiger partial charge >= 0.3 is 0 Å². The van der Waals surface area contributed by atoms with Crippen LogP contribution >= 0.6 is 34.5 Å². The zero-order valence-corrected chi connectivity index (χ0v) is 19.7. The summed E-state index contributed by atoms with van der Waals surface area (Å²) in [5.74, 6) is 0.738. The molecule has 0 bridgehead atoms. The molecule has 4 aromatic rings. The molecule has 1 heterocycles. The summed E-state index contributed by atoms with van der Waals surface area (Å²) in [5, 5.41) is 4.32. The van der Waals surface area contributed by atoms with Crippen LogP contribution in [0.15, 0.2) is 48.5 Å². The molecule has 1 aromatic heterocycles. The number of ether oxygens (including phenoxy) is 3. The minimum Gasteiger partial charge on any atom is -0.493 e. The van der Waals surface area contributed by atoms with Gasteiger partial charge in [-0.15, -0.1) is 11.3 Å². The van der Waals surface area contributed by atoms with Gasteiger partial charge in [-0.3, -0.25) is 4.79 Å².